The lowest BCUT2D eigenvalue weighted by Crippen LogP contribution is -2.42. The summed E-state index contributed by atoms with van der Waals surface area (Å²) in [6.45, 7) is 4.21. The van der Waals surface area contributed by atoms with Crippen LogP contribution in [0.3, 0.4) is 0 Å². The van der Waals surface area contributed by atoms with E-state index in [-0.39, 0.29) is 0 Å². The van der Waals surface area contributed by atoms with Crippen molar-refractivity contribution in [2.45, 2.75) is 44.7 Å². The number of likely N-dealkylation sites (tertiary alicyclic amines) is 1. The molecule has 3 rings (SSSR count). The number of aryl methyl sites for hydroxylation is 1. The van der Waals surface area contributed by atoms with E-state index in [0.717, 1.165) is 12.6 Å². The molecule has 0 spiro atoms. The minimum absolute atomic E-state index is 0.505. The average Bonchev–Trinajstić information content (AvgIpc) is 3.18. The Kier molecular flexibility index (Phi) is 3.16. The van der Waals surface area contributed by atoms with Crippen molar-refractivity contribution in [1.29, 1.82) is 0 Å². The maximum Gasteiger partial charge on any atom is 0.0540 e. The fourth-order valence-electron chi connectivity index (χ4n) is 3.41. The third-order valence-electron chi connectivity index (χ3n) is 4.71. The lowest BCUT2D eigenvalue weighted by molar-refractivity contribution is 0.0874. The highest BCUT2D eigenvalue weighted by atomic mass is 15.3. The van der Waals surface area contributed by atoms with Crippen LogP contribution in [0.4, 0.5) is 0 Å². The van der Waals surface area contributed by atoms with Gasteiger partial charge in [-0.3, -0.25) is 9.58 Å². The van der Waals surface area contributed by atoms with Crippen molar-refractivity contribution in [3.63, 3.8) is 0 Å². The van der Waals surface area contributed by atoms with Gasteiger partial charge in [0.05, 0.1) is 6.20 Å². The molecule has 1 saturated carbocycles. The standard InChI is InChI=1S/C14H24N4/c1-10-13(9-16-17(10)2)14-11(8-15)4-3-7-18(14)12-5-6-12/h9,11-12,14H,3-8,15H2,1-2H3. The fraction of sp³-hybridized carbons (Fsp3) is 0.786. The number of rotatable bonds is 3. The van der Waals surface area contributed by atoms with Crippen LogP contribution in [0.5, 0.6) is 0 Å². The number of hydrogen-bond acceptors (Lipinski definition) is 3. The summed E-state index contributed by atoms with van der Waals surface area (Å²) in [4.78, 5) is 2.70. The molecular formula is C14H24N4. The Morgan fingerprint density at radius 3 is 2.72 bits per heavy atom. The van der Waals surface area contributed by atoms with Crippen LogP contribution in [0.2, 0.25) is 0 Å². The van der Waals surface area contributed by atoms with E-state index in [1.54, 1.807) is 0 Å². The van der Waals surface area contributed by atoms with E-state index in [4.69, 9.17) is 5.73 Å². The van der Waals surface area contributed by atoms with E-state index in [1.165, 1.54) is 43.5 Å². The van der Waals surface area contributed by atoms with Crippen LogP contribution in [-0.2, 0) is 7.05 Å². The first-order chi connectivity index (χ1) is 8.72. The van der Waals surface area contributed by atoms with Crippen LogP contribution < -0.4 is 5.73 Å². The minimum atomic E-state index is 0.505. The first kappa shape index (κ1) is 12.2. The van der Waals surface area contributed by atoms with Crippen LogP contribution in [0.15, 0.2) is 6.20 Å². The summed E-state index contributed by atoms with van der Waals surface area (Å²) in [5.41, 5.74) is 8.72. The van der Waals surface area contributed by atoms with Gasteiger partial charge >= 0.3 is 0 Å². The van der Waals surface area contributed by atoms with Crippen molar-refractivity contribution in [3.8, 4) is 0 Å². The summed E-state index contributed by atoms with van der Waals surface area (Å²) < 4.78 is 1.99. The first-order valence-corrected chi connectivity index (χ1v) is 7.16. The zero-order valence-electron chi connectivity index (χ0n) is 11.5. The zero-order chi connectivity index (χ0) is 12.7. The lowest BCUT2D eigenvalue weighted by Gasteiger charge is -2.41. The SMILES string of the molecule is Cc1c(C2C(CN)CCCN2C2CC2)cnn1C. The Morgan fingerprint density at radius 1 is 1.39 bits per heavy atom. The van der Waals surface area contributed by atoms with Crippen molar-refractivity contribution in [1.82, 2.24) is 14.7 Å². The molecule has 4 heteroatoms. The van der Waals surface area contributed by atoms with Gasteiger partial charge in [-0.15, -0.1) is 0 Å². The molecule has 2 N–H and O–H groups in total. The molecule has 2 atom stereocenters. The summed E-state index contributed by atoms with van der Waals surface area (Å²) in [7, 11) is 2.03. The summed E-state index contributed by atoms with van der Waals surface area (Å²) in [5, 5.41) is 4.42. The van der Waals surface area contributed by atoms with E-state index < -0.39 is 0 Å². The predicted molar refractivity (Wildman–Crippen MR) is 72.2 cm³/mol. The van der Waals surface area contributed by atoms with E-state index in [2.05, 4.69) is 23.1 Å². The van der Waals surface area contributed by atoms with E-state index in [1.807, 2.05) is 11.7 Å². The van der Waals surface area contributed by atoms with E-state index in [9.17, 15) is 0 Å². The highest BCUT2D eigenvalue weighted by Gasteiger charge is 2.41. The average molecular weight is 248 g/mol. The molecule has 0 bridgehead atoms. The third kappa shape index (κ3) is 1.97. The molecule has 0 radical (unpaired) electrons. The lowest BCUT2D eigenvalue weighted by atomic mass is 9.84. The number of nitrogens with two attached hydrogens (primary N) is 1. The fourth-order valence-corrected chi connectivity index (χ4v) is 3.41. The number of aromatic nitrogens is 2. The molecule has 0 aromatic carbocycles. The Labute approximate surface area is 109 Å². The molecule has 1 aliphatic carbocycles. The van der Waals surface area contributed by atoms with Crippen molar-refractivity contribution >= 4 is 0 Å². The van der Waals surface area contributed by atoms with Gasteiger partial charge in [-0.25, -0.2) is 0 Å². The van der Waals surface area contributed by atoms with Gasteiger partial charge in [0.1, 0.15) is 0 Å². The highest BCUT2D eigenvalue weighted by molar-refractivity contribution is 5.23. The molecular weight excluding hydrogens is 224 g/mol. The Hall–Kier alpha value is -0.870. The highest BCUT2D eigenvalue weighted by Crippen LogP contribution is 2.43. The minimum Gasteiger partial charge on any atom is -0.330 e. The second-order valence-electron chi connectivity index (χ2n) is 5.86. The van der Waals surface area contributed by atoms with E-state index in [0.29, 0.717) is 12.0 Å². The molecule has 0 amide bonds. The number of hydrogen-bond donors (Lipinski definition) is 1. The summed E-state index contributed by atoms with van der Waals surface area (Å²) in [6, 6.07) is 1.31. The Balaban J connectivity index is 1.94. The van der Waals surface area contributed by atoms with Crippen molar-refractivity contribution < 1.29 is 0 Å². The van der Waals surface area contributed by atoms with Crippen LogP contribution in [0.1, 0.15) is 43.0 Å². The molecule has 18 heavy (non-hydrogen) atoms. The van der Waals surface area contributed by atoms with Gasteiger partial charge < -0.3 is 5.73 Å². The maximum absolute atomic E-state index is 6.02. The van der Waals surface area contributed by atoms with Crippen LogP contribution in [0.25, 0.3) is 0 Å². The molecule has 2 aliphatic rings. The van der Waals surface area contributed by atoms with Gasteiger partial charge in [0.2, 0.25) is 0 Å². The monoisotopic (exact) mass is 248 g/mol. The zero-order valence-corrected chi connectivity index (χ0v) is 11.5. The maximum atomic E-state index is 6.02. The van der Waals surface area contributed by atoms with Crippen molar-refractivity contribution in [2.75, 3.05) is 13.1 Å². The van der Waals surface area contributed by atoms with Crippen LogP contribution in [0, 0.1) is 12.8 Å². The quantitative estimate of drug-likeness (QED) is 0.884. The molecule has 1 saturated heterocycles. The van der Waals surface area contributed by atoms with Crippen molar-refractivity contribution in [2.24, 2.45) is 18.7 Å². The second kappa shape index (κ2) is 4.67. The van der Waals surface area contributed by atoms with Gasteiger partial charge in [0.15, 0.2) is 0 Å². The smallest absolute Gasteiger partial charge is 0.0540 e. The predicted octanol–water partition coefficient (Wildman–Crippen LogP) is 1.60. The van der Waals surface area contributed by atoms with Crippen LogP contribution >= 0.6 is 0 Å². The Morgan fingerprint density at radius 2 is 2.17 bits per heavy atom. The van der Waals surface area contributed by atoms with Gasteiger partial charge in [-0.2, -0.15) is 5.10 Å². The second-order valence-corrected chi connectivity index (χ2v) is 5.86. The molecule has 2 heterocycles. The summed E-state index contributed by atoms with van der Waals surface area (Å²) in [5.74, 6) is 0.599. The normalized spacial score (nSPS) is 29.7. The van der Waals surface area contributed by atoms with Gasteiger partial charge in [0, 0.05) is 30.4 Å². The number of nitrogens with zero attached hydrogens (tertiary/aromatic N) is 3. The van der Waals surface area contributed by atoms with E-state index >= 15 is 0 Å². The number of piperidine rings is 1. The first-order valence-electron chi connectivity index (χ1n) is 7.16. The molecule has 2 unspecified atom stereocenters. The van der Waals surface area contributed by atoms with Crippen LogP contribution in [-0.4, -0.2) is 33.8 Å². The molecule has 4 nitrogen and oxygen atoms in total. The van der Waals surface area contributed by atoms with Crippen molar-refractivity contribution in [3.05, 3.63) is 17.5 Å². The van der Waals surface area contributed by atoms with Gasteiger partial charge in [-0.1, -0.05) is 0 Å². The molecule has 100 valence electrons. The molecule has 1 aromatic heterocycles. The largest absolute Gasteiger partial charge is 0.330 e. The third-order valence-corrected chi connectivity index (χ3v) is 4.71. The topological polar surface area (TPSA) is 47.1 Å². The molecule has 1 aliphatic heterocycles. The van der Waals surface area contributed by atoms with Gasteiger partial charge in [-0.05, 0) is 51.6 Å². The Bertz CT molecular complexity index is 421. The molecule has 2 fully saturated rings. The molecule has 1 aromatic rings. The van der Waals surface area contributed by atoms with Gasteiger partial charge in [0.25, 0.3) is 0 Å². The summed E-state index contributed by atoms with van der Waals surface area (Å²) in [6.07, 6.45) is 7.36. The summed E-state index contributed by atoms with van der Waals surface area (Å²) >= 11 is 0.